The largest absolute Gasteiger partial charge is 0.478 e. The first-order valence-electron chi connectivity index (χ1n) is 10.7. The maximum Gasteiger partial charge on any atom is 0.412 e. The number of thiazole rings is 1. The van der Waals surface area contributed by atoms with Gasteiger partial charge in [-0.1, -0.05) is 6.07 Å². The number of hydrogen-bond donors (Lipinski definition) is 3. The minimum atomic E-state index is -1.26. The van der Waals surface area contributed by atoms with Crippen molar-refractivity contribution in [2.75, 3.05) is 31.6 Å². The number of carboxylic acids is 2. The lowest BCUT2D eigenvalue weighted by Gasteiger charge is -2.44. The van der Waals surface area contributed by atoms with E-state index >= 15 is 0 Å². The number of nitrogens with one attached hydrogen (secondary N) is 1. The van der Waals surface area contributed by atoms with Crippen molar-refractivity contribution in [3.63, 3.8) is 0 Å². The Morgan fingerprint density at radius 3 is 2.51 bits per heavy atom. The van der Waals surface area contributed by atoms with E-state index in [0.29, 0.717) is 46.9 Å². The topological polar surface area (TPSA) is 153 Å². The number of nitrogens with zero attached hydrogens (tertiary/aromatic N) is 3. The number of aliphatic carboxylic acids is 2. The van der Waals surface area contributed by atoms with Crippen molar-refractivity contribution in [1.29, 1.82) is 5.26 Å². The molecule has 0 radical (unpaired) electrons. The van der Waals surface area contributed by atoms with Crippen LogP contribution in [0.3, 0.4) is 0 Å². The number of amides is 1. The third-order valence-corrected chi connectivity index (χ3v) is 6.60. The number of nitriles is 1. The zero-order valence-corrected chi connectivity index (χ0v) is 19.3. The van der Waals surface area contributed by atoms with Gasteiger partial charge in [-0.3, -0.25) is 5.32 Å². The van der Waals surface area contributed by atoms with Gasteiger partial charge in [-0.15, -0.1) is 11.3 Å². The van der Waals surface area contributed by atoms with Gasteiger partial charge >= 0.3 is 18.0 Å². The van der Waals surface area contributed by atoms with Crippen molar-refractivity contribution in [2.24, 2.45) is 11.8 Å². The number of benzene rings is 1. The quantitative estimate of drug-likeness (QED) is 0.504. The minimum absolute atomic E-state index is 0.0447. The summed E-state index contributed by atoms with van der Waals surface area (Å²) in [6.45, 7) is 3.70. The summed E-state index contributed by atoms with van der Waals surface area (Å²) in [7, 11) is 0. The number of rotatable bonds is 6. The van der Waals surface area contributed by atoms with Gasteiger partial charge in [-0.2, -0.15) is 5.26 Å². The molecule has 1 unspecified atom stereocenters. The normalized spacial score (nSPS) is 20.4. The fourth-order valence-corrected chi connectivity index (χ4v) is 4.77. The summed E-state index contributed by atoms with van der Waals surface area (Å²) in [6, 6.07) is 6.07. The lowest BCUT2D eigenvalue weighted by molar-refractivity contribution is -0.134. The van der Waals surface area contributed by atoms with E-state index in [0.717, 1.165) is 19.6 Å². The molecule has 1 amide bonds. The predicted octanol–water partition coefficient (Wildman–Crippen LogP) is 3.42. The van der Waals surface area contributed by atoms with Gasteiger partial charge in [0.2, 0.25) is 0 Å². The Hall–Kier alpha value is -3.82. The standard InChI is InChI=1S/C19H19FN4O2S.C4H4O4/c20-16-2-1-13(7-14(16)8-21)17-18(22-11-27-17)23-19(25)26-10-15-9-24-5-3-12(15)4-6-24;5-3(6)1-2-4(7)8/h1-2,7,11-12,15H,3-6,9-10H2,(H,23,25);1-2H,(H,5,6)(H,7,8)/b;2-1+. The van der Waals surface area contributed by atoms with Gasteiger partial charge in [-0.05, 0) is 49.5 Å². The molecule has 3 fully saturated rings. The van der Waals surface area contributed by atoms with Gasteiger partial charge < -0.3 is 19.8 Å². The molecular formula is C23H23FN4O6S. The second kappa shape index (κ2) is 12.0. The molecule has 1 aromatic heterocycles. The van der Waals surface area contributed by atoms with Crippen LogP contribution in [-0.4, -0.2) is 64.4 Å². The molecule has 35 heavy (non-hydrogen) atoms. The molecule has 3 N–H and O–H groups in total. The van der Waals surface area contributed by atoms with Crippen molar-refractivity contribution in [2.45, 2.75) is 12.8 Å². The van der Waals surface area contributed by atoms with Crippen molar-refractivity contribution >= 4 is 35.2 Å². The average Bonchev–Trinajstić information content (AvgIpc) is 3.31. The van der Waals surface area contributed by atoms with Crippen LogP contribution in [0, 0.1) is 29.0 Å². The zero-order chi connectivity index (χ0) is 25.4. The van der Waals surface area contributed by atoms with Crippen LogP contribution in [-0.2, 0) is 14.3 Å². The Balaban J connectivity index is 0.000000371. The van der Waals surface area contributed by atoms with Crippen molar-refractivity contribution < 1.29 is 33.7 Å². The second-order valence-electron chi connectivity index (χ2n) is 7.97. The SMILES string of the molecule is N#Cc1cc(-c2scnc2NC(=O)OCC2CN3CCC2CC3)ccc1F.O=C(O)/C=C/C(=O)O. The first-order chi connectivity index (χ1) is 16.8. The molecule has 184 valence electrons. The van der Waals surface area contributed by atoms with Crippen LogP contribution in [0.5, 0.6) is 0 Å². The Bertz CT molecular complexity index is 1140. The third-order valence-electron chi connectivity index (χ3n) is 5.73. The van der Waals surface area contributed by atoms with E-state index in [1.165, 1.54) is 36.3 Å². The molecule has 3 saturated heterocycles. The molecule has 12 heteroatoms. The monoisotopic (exact) mass is 502 g/mol. The molecule has 0 spiro atoms. The van der Waals surface area contributed by atoms with E-state index in [1.54, 1.807) is 11.6 Å². The van der Waals surface area contributed by atoms with Crippen LogP contribution >= 0.6 is 11.3 Å². The van der Waals surface area contributed by atoms with E-state index in [-0.39, 0.29) is 5.56 Å². The number of carboxylic acid groups (broad SMARTS) is 2. The maximum atomic E-state index is 13.5. The molecule has 0 aliphatic carbocycles. The number of hydrogen-bond acceptors (Lipinski definition) is 8. The highest BCUT2D eigenvalue weighted by Crippen LogP contribution is 2.34. The van der Waals surface area contributed by atoms with Crippen molar-refractivity contribution in [3.8, 4) is 16.5 Å². The summed E-state index contributed by atoms with van der Waals surface area (Å²) in [5.74, 6) is -1.70. The van der Waals surface area contributed by atoms with Crippen LogP contribution < -0.4 is 5.32 Å². The van der Waals surface area contributed by atoms with Gasteiger partial charge in [0.05, 0.1) is 22.6 Å². The molecule has 2 aromatic rings. The van der Waals surface area contributed by atoms with Gasteiger partial charge in [0.1, 0.15) is 11.9 Å². The number of aromatic nitrogens is 1. The Morgan fingerprint density at radius 1 is 1.26 bits per heavy atom. The number of ether oxygens (including phenoxy) is 1. The summed E-state index contributed by atoms with van der Waals surface area (Å²) in [5, 5.41) is 27.3. The van der Waals surface area contributed by atoms with Crippen molar-refractivity contribution in [3.05, 3.63) is 47.2 Å². The van der Waals surface area contributed by atoms with E-state index in [1.807, 2.05) is 6.07 Å². The van der Waals surface area contributed by atoms with Gasteiger partial charge in [0, 0.05) is 24.6 Å². The molecule has 4 heterocycles. The summed E-state index contributed by atoms with van der Waals surface area (Å²) < 4.78 is 19.0. The lowest BCUT2D eigenvalue weighted by atomic mass is 9.79. The van der Waals surface area contributed by atoms with E-state index in [9.17, 15) is 18.8 Å². The van der Waals surface area contributed by atoms with Crippen LogP contribution in [0.25, 0.3) is 10.4 Å². The lowest BCUT2D eigenvalue weighted by Crippen LogP contribution is -2.49. The van der Waals surface area contributed by atoms with Crippen LogP contribution in [0.15, 0.2) is 35.9 Å². The average molecular weight is 503 g/mol. The predicted molar refractivity (Wildman–Crippen MR) is 124 cm³/mol. The Morgan fingerprint density at radius 2 is 1.94 bits per heavy atom. The molecule has 10 nitrogen and oxygen atoms in total. The fraction of sp³-hybridized carbons (Fsp3) is 0.348. The number of halogens is 1. The number of fused-ring (bicyclic) bond motifs is 3. The molecule has 0 saturated carbocycles. The Kier molecular flexibility index (Phi) is 8.88. The number of anilines is 1. The van der Waals surface area contributed by atoms with Gasteiger partial charge in [0.15, 0.2) is 5.82 Å². The smallest absolute Gasteiger partial charge is 0.412 e. The van der Waals surface area contributed by atoms with Gasteiger partial charge in [0.25, 0.3) is 0 Å². The van der Waals surface area contributed by atoms with Crippen LogP contribution in [0.1, 0.15) is 18.4 Å². The summed E-state index contributed by atoms with van der Waals surface area (Å²) >= 11 is 1.31. The molecule has 3 aliphatic heterocycles. The van der Waals surface area contributed by atoms with Crippen LogP contribution in [0.2, 0.25) is 0 Å². The first-order valence-corrected chi connectivity index (χ1v) is 11.6. The summed E-state index contributed by atoms with van der Waals surface area (Å²) in [6.07, 6.45) is 2.93. The summed E-state index contributed by atoms with van der Waals surface area (Å²) in [5.41, 5.74) is 2.17. The van der Waals surface area contributed by atoms with Gasteiger partial charge in [-0.25, -0.2) is 23.8 Å². The van der Waals surface area contributed by atoms with E-state index in [4.69, 9.17) is 20.2 Å². The van der Waals surface area contributed by atoms with E-state index in [2.05, 4.69) is 15.2 Å². The number of carbonyl (C=O) groups is 3. The van der Waals surface area contributed by atoms with Crippen LogP contribution in [0.4, 0.5) is 15.0 Å². The number of carbonyl (C=O) groups excluding carboxylic acids is 1. The summed E-state index contributed by atoms with van der Waals surface area (Å²) in [4.78, 5) is 38.6. The minimum Gasteiger partial charge on any atom is -0.478 e. The first kappa shape index (κ1) is 25.8. The maximum absolute atomic E-state index is 13.5. The molecule has 2 bridgehead atoms. The molecule has 1 atom stereocenters. The fourth-order valence-electron chi connectivity index (χ4n) is 4.03. The molecule has 3 aliphatic rings. The highest BCUT2D eigenvalue weighted by molar-refractivity contribution is 7.13. The third kappa shape index (κ3) is 7.33. The number of piperidine rings is 3. The van der Waals surface area contributed by atoms with E-state index < -0.39 is 23.8 Å². The van der Waals surface area contributed by atoms with Crippen molar-refractivity contribution in [1.82, 2.24) is 9.88 Å². The Labute approximate surface area is 204 Å². The second-order valence-corrected chi connectivity index (χ2v) is 8.82. The zero-order valence-electron chi connectivity index (χ0n) is 18.5. The molecule has 5 rings (SSSR count). The highest BCUT2D eigenvalue weighted by atomic mass is 32.1. The molecular weight excluding hydrogens is 479 g/mol. The molecule has 1 aromatic carbocycles. The highest BCUT2D eigenvalue weighted by Gasteiger charge is 2.34.